The molecule has 146 valence electrons. The summed E-state index contributed by atoms with van der Waals surface area (Å²) in [5.74, 6) is 0.653. The van der Waals surface area contributed by atoms with Crippen LogP contribution in [0.25, 0.3) is 0 Å². The standard InChI is InChI=1S/C20H28N4O3/c1-13(2)27-16-6-4-14(5-7-16)19(25)11-22-20(26)18-10-21-9-17(18)15-8-23-24(3)12-15/h4-8,12-13,17-19,21,25H,9-11H2,1-3H3,(H,22,26)/t17-,18+,19?/m1/s1. The van der Waals surface area contributed by atoms with Gasteiger partial charge in [0.05, 0.1) is 24.3 Å². The summed E-state index contributed by atoms with van der Waals surface area (Å²) in [4.78, 5) is 12.6. The fourth-order valence-corrected chi connectivity index (χ4v) is 3.42. The lowest BCUT2D eigenvalue weighted by molar-refractivity contribution is -0.125. The number of ether oxygens (including phenoxy) is 1. The molecule has 1 aliphatic rings. The molecule has 1 amide bonds. The second-order valence-corrected chi connectivity index (χ2v) is 7.32. The number of aryl methyl sites for hydroxylation is 1. The predicted octanol–water partition coefficient (Wildman–Crippen LogP) is 1.36. The van der Waals surface area contributed by atoms with Gasteiger partial charge in [0.2, 0.25) is 5.91 Å². The predicted molar refractivity (Wildman–Crippen MR) is 102 cm³/mol. The summed E-state index contributed by atoms with van der Waals surface area (Å²) < 4.78 is 7.35. The number of carbonyl (C=O) groups is 1. The van der Waals surface area contributed by atoms with Gasteiger partial charge >= 0.3 is 0 Å². The van der Waals surface area contributed by atoms with Crippen molar-refractivity contribution in [1.82, 2.24) is 20.4 Å². The van der Waals surface area contributed by atoms with Gasteiger partial charge in [0.1, 0.15) is 5.75 Å². The van der Waals surface area contributed by atoms with Crippen molar-refractivity contribution < 1.29 is 14.6 Å². The minimum absolute atomic E-state index is 0.0485. The van der Waals surface area contributed by atoms with Crippen molar-refractivity contribution in [2.75, 3.05) is 19.6 Å². The second-order valence-electron chi connectivity index (χ2n) is 7.32. The smallest absolute Gasteiger partial charge is 0.225 e. The van der Waals surface area contributed by atoms with Crippen molar-refractivity contribution in [2.45, 2.75) is 32.0 Å². The van der Waals surface area contributed by atoms with Crippen LogP contribution in [-0.4, -0.2) is 46.5 Å². The molecule has 0 bridgehead atoms. The molecule has 1 fully saturated rings. The van der Waals surface area contributed by atoms with E-state index in [-0.39, 0.29) is 30.4 Å². The maximum atomic E-state index is 12.6. The lowest BCUT2D eigenvalue weighted by Gasteiger charge is -2.19. The van der Waals surface area contributed by atoms with Crippen molar-refractivity contribution in [2.24, 2.45) is 13.0 Å². The van der Waals surface area contributed by atoms with Gasteiger partial charge < -0.3 is 20.5 Å². The zero-order chi connectivity index (χ0) is 19.4. The van der Waals surface area contributed by atoms with E-state index in [1.165, 1.54) is 0 Å². The Labute approximate surface area is 159 Å². The Kier molecular flexibility index (Phi) is 6.13. The van der Waals surface area contributed by atoms with E-state index in [2.05, 4.69) is 15.7 Å². The van der Waals surface area contributed by atoms with E-state index in [1.807, 2.05) is 57.6 Å². The number of nitrogens with zero attached hydrogens (tertiary/aromatic N) is 2. The van der Waals surface area contributed by atoms with Gasteiger partial charge in [-0.15, -0.1) is 0 Å². The van der Waals surface area contributed by atoms with E-state index in [0.717, 1.165) is 23.4 Å². The Balaban J connectivity index is 1.55. The quantitative estimate of drug-likeness (QED) is 0.683. The number of aromatic nitrogens is 2. The van der Waals surface area contributed by atoms with Crippen molar-refractivity contribution in [3.63, 3.8) is 0 Å². The second kappa shape index (κ2) is 8.54. The van der Waals surface area contributed by atoms with Crippen LogP contribution in [0.4, 0.5) is 0 Å². The van der Waals surface area contributed by atoms with E-state index in [0.29, 0.717) is 6.54 Å². The SMILES string of the molecule is CC(C)Oc1ccc(C(O)CNC(=O)[C@H]2CNC[C@@H]2c2cnn(C)c2)cc1. The maximum Gasteiger partial charge on any atom is 0.225 e. The zero-order valence-corrected chi connectivity index (χ0v) is 16.1. The van der Waals surface area contributed by atoms with Crippen LogP contribution in [0.5, 0.6) is 5.75 Å². The van der Waals surface area contributed by atoms with E-state index in [1.54, 1.807) is 4.68 Å². The van der Waals surface area contributed by atoms with Gasteiger partial charge in [-0.2, -0.15) is 5.10 Å². The number of nitrogens with one attached hydrogen (secondary N) is 2. The average molecular weight is 372 g/mol. The first-order valence-electron chi connectivity index (χ1n) is 9.35. The zero-order valence-electron chi connectivity index (χ0n) is 16.1. The molecule has 3 N–H and O–H groups in total. The number of hydrogen-bond donors (Lipinski definition) is 3. The molecule has 7 heteroatoms. The third-order valence-electron chi connectivity index (χ3n) is 4.81. The van der Waals surface area contributed by atoms with Gasteiger partial charge in [0, 0.05) is 38.8 Å². The van der Waals surface area contributed by atoms with E-state index in [9.17, 15) is 9.90 Å². The summed E-state index contributed by atoms with van der Waals surface area (Å²) in [7, 11) is 1.87. The van der Waals surface area contributed by atoms with Gasteiger partial charge in [-0.25, -0.2) is 0 Å². The third kappa shape index (κ3) is 4.87. The van der Waals surface area contributed by atoms with Gasteiger partial charge in [0.15, 0.2) is 0 Å². The number of carbonyl (C=O) groups excluding carboxylic acids is 1. The Morgan fingerprint density at radius 2 is 2.11 bits per heavy atom. The lowest BCUT2D eigenvalue weighted by Crippen LogP contribution is -2.36. The highest BCUT2D eigenvalue weighted by molar-refractivity contribution is 5.80. The highest BCUT2D eigenvalue weighted by Gasteiger charge is 2.34. The molecule has 2 heterocycles. The van der Waals surface area contributed by atoms with Crippen LogP contribution < -0.4 is 15.4 Å². The molecule has 3 rings (SSSR count). The monoisotopic (exact) mass is 372 g/mol. The van der Waals surface area contributed by atoms with E-state index >= 15 is 0 Å². The summed E-state index contributed by atoms with van der Waals surface area (Å²) in [6.45, 7) is 5.50. The van der Waals surface area contributed by atoms with E-state index < -0.39 is 6.10 Å². The minimum atomic E-state index is -0.756. The van der Waals surface area contributed by atoms with E-state index in [4.69, 9.17) is 4.74 Å². The molecular formula is C20H28N4O3. The van der Waals surface area contributed by atoms with Crippen LogP contribution in [0.3, 0.4) is 0 Å². The Morgan fingerprint density at radius 1 is 1.37 bits per heavy atom. The fourth-order valence-electron chi connectivity index (χ4n) is 3.42. The van der Waals surface area contributed by atoms with Gasteiger partial charge in [-0.3, -0.25) is 9.48 Å². The topological polar surface area (TPSA) is 88.4 Å². The fraction of sp³-hybridized carbons (Fsp3) is 0.500. The summed E-state index contributed by atoms with van der Waals surface area (Å²) in [6.07, 6.45) is 3.11. The number of aliphatic hydroxyl groups is 1. The molecule has 0 saturated carbocycles. The largest absolute Gasteiger partial charge is 0.491 e. The Hall–Kier alpha value is -2.38. The van der Waals surface area contributed by atoms with Gasteiger partial charge in [-0.1, -0.05) is 12.1 Å². The Morgan fingerprint density at radius 3 is 2.74 bits per heavy atom. The van der Waals surface area contributed by atoms with Crippen molar-refractivity contribution >= 4 is 5.91 Å². The summed E-state index contributed by atoms with van der Waals surface area (Å²) in [6, 6.07) is 7.31. The number of benzene rings is 1. The molecule has 1 unspecified atom stereocenters. The molecule has 3 atom stereocenters. The minimum Gasteiger partial charge on any atom is -0.491 e. The molecule has 1 aliphatic heterocycles. The Bertz CT molecular complexity index is 757. The number of rotatable bonds is 7. The summed E-state index contributed by atoms with van der Waals surface area (Å²) in [5, 5.41) is 20.8. The first-order valence-corrected chi connectivity index (χ1v) is 9.35. The average Bonchev–Trinajstić information content (AvgIpc) is 3.28. The number of amides is 1. The summed E-state index contributed by atoms with van der Waals surface area (Å²) >= 11 is 0. The molecule has 0 radical (unpaired) electrons. The van der Waals surface area contributed by atoms with Crippen molar-refractivity contribution in [1.29, 1.82) is 0 Å². The number of aliphatic hydroxyl groups excluding tert-OH is 1. The van der Waals surface area contributed by atoms with Crippen molar-refractivity contribution in [3.05, 3.63) is 47.8 Å². The van der Waals surface area contributed by atoms with Gasteiger partial charge in [-0.05, 0) is 37.1 Å². The van der Waals surface area contributed by atoms with Crippen LogP contribution in [0.2, 0.25) is 0 Å². The number of hydrogen-bond acceptors (Lipinski definition) is 5. The van der Waals surface area contributed by atoms with Crippen LogP contribution in [0, 0.1) is 5.92 Å². The maximum absolute atomic E-state index is 12.6. The van der Waals surface area contributed by atoms with Crippen molar-refractivity contribution in [3.8, 4) is 5.75 Å². The third-order valence-corrected chi connectivity index (χ3v) is 4.81. The highest BCUT2D eigenvalue weighted by Crippen LogP contribution is 2.28. The lowest BCUT2D eigenvalue weighted by atomic mass is 9.90. The van der Waals surface area contributed by atoms with Crippen LogP contribution in [0.15, 0.2) is 36.7 Å². The van der Waals surface area contributed by atoms with Gasteiger partial charge in [0.25, 0.3) is 0 Å². The van der Waals surface area contributed by atoms with Crippen LogP contribution >= 0.6 is 0 Å². The molecular weight excluding hydrogens is 344 g/mol. The first-order chi connectivity index (χ1) is 12.9. The normalized spacial score (nSPS) is 20.6. The first kappa shape index (κ1) is 19.4. The highest BCUT2D eigenvalue weighted by atomic mass is 16.5. The summed E-state index contributed by atoms with van der Waals surface area (Å²) in [5.41, 5.74) is 1.81. The van der Waals surface area contributed by atoms with Crippen LogP contribution in [-0.2, 0) is 11.8 Å². The van der Waals surface area contributed by atoms with Crippen LogP contribution in [0.1, 0.15) is 37.0 Å². The molecule has 0 spiro atoms. The molecule has 1 aromatic carbocycles. The molecule has 1 aromatic heterocycles. The molecule has 2 aromatic rings. The molecule has 1 saturated heterocycles. The molecule has 7 nitrogen and oxygen atoms in total. The molecule has 27 heavy (non-hydrogen) atoms. The molecule has 0 aliphatic carbocycles.